The molecule has 7 heteroatoms. The molecule has 170 valence electrons. The predicted molar refractivity (Wildman–Crippen MR) is 121 cm³/mol. The molecule has 1 saturated heterocycles. The van der Waals surface area contributed by atoms with E-state index in [0.717, 1.165) is 57.1 Å². The maximum Gasteiger partial charge on any atom is 0.255 e. The monoisotopic (exact) mass is 446 g/mol. The summed E-state index contributed by atoms with van der Waals surface area (Å²) in [6.45, 7) is 5.24. The Labute approximate surface area is 185 Å². The largest absolute Gasteiger partial charge is 0.492 e. The Morgan fingerprint density at radius 2 is 2.06 bits per heavy atom. The second-order valence-electron chi connectivity index (χ2n) is 9.10. The maximum absolute atomic E-state index is 13.7. The van der Waals surface area contributed by atoms with Crippen LogP contribution in [0.15, 0.2) is 28.7 Å². The van der Waals surface area contributed by atoms with Gasteiger partial charge >= 0.3 is 0 Å². The number of nitrogens with one attached hydrogen (secondary N) is 2. The minimum atomic E-state index is -3.43. The highest BCUT2D eigenvalue weighted by molar-refractivity contribution is 7.91. The van der Waals surface area contributed by atoms with Crippen molar-refractivity contribution in [1.29, 1.82) is 0 Å². The first-order valence-corrected chi connectivity index (χ1v) is 13.3. The fraction of sp³-hybridized carbons (Fsp3) is 0.625. The molecule has 1 aromatic rings. The van der Waals surface area contributed by atoms with Crippen LogP contribution in [-0.4, -0.2) is 44.8 Å². The third-order valence-electron chi connectivity index (χ3n) is 7.05. The van der Waals surface area contributed by atoms with Crippen molar-refractivity contribution in [2.75, 3.05) is 18.9 Å². The number of benzene rings is 1. The highest BCUT2D eigenvalue weighted by Crippen LogP contribution is 2.36. The summed E-state index contributed by atoms with van der Waals surface area (Å²) < 4.78 is 31.1. The van der Waals surface area contributed by atoms with E-state index in [4.69, 9.17) is 4.74 Å². The van der Waals surface area contributed by atoms with Gasteiger partial charge in [0.1, 0.15) is 5.75 Å². The van der Waals surface area contributed by atoms with Gasteiger partial charge in [-0.15, -0.1) is 0 Å². The molecule has 2 aliphatic heterocycles. The molecule has 0 bridgehead atoms. The fourth-order valence-electron chi connectivity index (χ4n) is 5.15. The van der Waals surface area contributed by atoms with Crippen LogP contribution >= 0.6 is 0 Å². The number of rotatable bonds is 6. The van der Waals surface area contributed by atoms with Gasteiger partial charge in [-0.1, -0.05) is 13.0 Å². The lowest BCUT2D eigenvalue weighted by Gasteiger charge is -2.40. The van der Waals surface area contributed by atoms with Crippen LogP contribution in [0.1, 0.15) is 74.7 Å². The van der Waals surface area contributed by atoms with Gasteiger partial charge < -0.3 is 15.4 Å². The molecule has 0 radical (unpaired) electrons. The molecule has 1 fully saturated rings. The third-order valence-corrected chi connectivity index (χ3v) is 8.76. The highest BCUT2D eigenvalue weighted by Gasteiger charge is 2.41. The quantitative estimate of drug-likeness (QED) is 0.653. The van der Waals surface area contributed by atoms with E-state index in [-0.39, 0.29) is 22.6 Å². The lowest BCUT2D eigenvalue weighted by Crippen LogP contribution is -2.59. The number of hydrogen-bond acceptors (Lipinski definition) is 5. The number of allylic oxidation sites excluding steroid dienone is 1. The molecule has 3 aliphatic rings. The van der Waals surface area contributed by atoms with Gasteiger partial charge in [-0.25, -0.2) is 8.42 Å². The first-order chi connectivity index (χ1) is 14.8. The minimum Gasteiger partial charge on any atom is -0.492 e. The summed E-state index contributed by atoms with van der Waals surface area (Å²) in [7, 11) is -3.43. The van der Waals surface area contributed by atoms with Crippen LogP contribution in [0.4, 0.5) is 0 Å². The van der Waals surface area contributed by atoms with Gasteiger partial charge in [-0.2, -0.15) is 0 Å². The zero-order chi connectivity index (χ0) is 22.1. The average Bonchev–Trinajstić information content (AvgIpc) is 3.34. The Hall–Kier alpha value is -1.86. The van der Waals surface area contributed by atoms with Gasteiger partial charge in [0.05, 0.1) is 28.4 Å². The van der Waals surface area contributed by atoms with E-state index in [0.29, 0.717) is 17.9 Å². The second kappa shape index (κ2) is 8.94. The molecule has 4 rings (SSSR count). The average molecular weight is 447 g/mol. The lowest BCUT2D eigenvalue weighted by atomic mass is 9.78. The number of fused-ring (bicyclic) bond motifs is 1. The fourth-order valence-corrected chi connectivity index (χ4v) is 6.10. The summed E-state index contributed by atoms with van der Waals surface area (Å²) in [6.07, 6.45) is 10.3. The Bertz CT molecular complexity index is 980. The summed E-state index contributed by atoms with van der Waals surface area (Å²) in [4.78, 5) is 13.9. The van der Waals surface area contributed by atoms with Crippen LogP contribution in [0.3, 0.4) is 0 Å². The van der Waals surface area contributed by atoms with Crippen molar-refractivity contribution >= 4 is 15.7 Å². The van der Waals surface area contributed by atoms with E-state index in [2.05, 4.69) is 23.6 Å². The van der Waals surface area contributed by atoms with Crippen LogP contribution in [0.5, 0.6) is 5.75 Å². The predicted octanol–water partition coefficient (Wildman–Crippen LogP) is 3.55. The smallest absolute Gasteiger partial charge is 0.255 e. The molecule has 0 spiro atoms. The summed E-state index contributed by atoms with van der Waals surface area (Å²) in [5.41, 5.74) is 1.92. The highest BCUT2D eigenvalue weighted by atomic mass is 32.2. The number of carbonyl (C=O) groups is 1. The van der Waals surface area contributed by atoms with Crippen molar-refractivity contribution in [3.05, 3.63) is 34.9 Å². The van der Waals surface area contributed by atoms with Crippen molar-refractivity contribution < 1.29 is 17.9 Å². The van der Waals surface area contributed by atoms with E-state index in [1.807, 2.05) is 0 Å². The zero-order valence-electron chi connectivity index (χ0n) is 18.6. The minimum absolute atomic E-state index is 0.00426. The Kier molecular flexibility index (Phi) is 6.44. The number of hydrogen-bond donors (Lipinski definition) is 2. The summed E-state index contributed by atoms with van der Waals surface area (Å²) in [6, 6.07) is 3.36. The van der Waals surface area contributed by atoms with Crippen LogP contribution in [0.25, 0.3) is 0 Å². The van der Waals surface area contributed by atoms with Crippen LogP contribution in [0.2, 0.25) is 0 Å². The first kappa shape index (κ1) is 22.3. The number of carbonyl (C=O) groups excluding carboxylic acids is 1. The number of ether oxygens (including phenoxy) is 1. The van der Waals surface area contributed by atoms with Crippen LogP contribution in [-0.2, 0) is 16.3 Å². The molecule has 2 N–H and O–H groups in total. The van der Waals surface area contributed by atoms with Gasteiger partial charge in [-0.05, 0) is 88.1 Å². The van der Waals surface area contributed by atoms with Crippen LogP contribution < -0.4 is 15.4 Å². The molecule has 2 heterocycles. The summed E-state index contributed by atoms with van der Waals surface area (Å²) >= 11 is 0. The topological polar surface area (TPSA) is 84.5 Å². The van der Waals surface area contributed by atoms with E-state index >= 15 is 0 Å². The molecule has 2 unspecified atom stereocenters. The van der Waals surface area contributed by atoms with E-state index in [1.165, 1.54) is 18.1 Å². The molecule has 6 nitrogen and oxygen atoms in total. The van der Waals surface area contributed by atoms with E-state index < -0.39 is 15.4 Å². The van der Waals surface area contributed by atoms with Gasteiger partial charge in [0.2, 0.25) is 0 Å². The molecular weight excluding hydrogens is 412 g/mol. The van der Waals surface area contributed by atoms with E-state index in [1.54, 1.807) is 13.0 Å². The molecule has 31 heavy (non-hydrogen) atoms. The van der Waals surface area contributed by atoms with Crippen molar-refractivity contribution in [3.8, 4) is 5.75 Å². The third kappa shape index (κ3) is 4.40. The standard InChI is InChI=1S/C24H34N2O4S/c1-3-31(28,29)19-15-17-9-8-14-30-22(17)20(16-19)23(27)26-24(2,21-12-7-13-25-21)18-10-5-4-6-11-18/h10,15-16,21,25H,3-9,11-14H2,1-2H3,(H,26,27). The maximum atomic E-state index is 13.7. The molecule has 1 aromatic carbocycles. The molecule has 1 aliphatic carbocycles. The Balaban J connectivity index is 1.73. The van der Waals surface area contributed by atoms with Gasteiger partial charge in [0.25, 0.3) is 5.91 Å². The SMILES string of the molecule is CCS(=O)(=O)c1cc2c(c(C(=O)NC(C)(C3=CCCCC3)C3CCCN3)c1)OCCC2. The summed E-state index contributed by atoms with van der Waals surface area (Å²) in [5, 5.41) is 6.90. The molecule has 0 saturated carbocycles. The number of amides is 1. The van der Waals surface area contributed by atoms with Gasteiger partial charge in [-0.3, -0.25) is 4.79 Å². The molecule has 1 amide bonds. The lowest BCUT2D eigenvalue weighted by molar-refractivity contribution is 0.0896. The van der Waals surface area contributed by atoms with Crippen molar-refractivity contribution in [2.24, 2.45) is 0 Å². The van der Waals surface area contributed by atoms with E-state index in [9.17, 15) is 13.2 Å². The normalized spacial score (nSPS) is 23.3. The summed E-state index contributed by atoms with van der Waals surface area (Å²) in [5.74, 6) is 0.289. The van der Waals surface area contributed by atoms with Gasteiger partial charge in [0.15, 0.2) is 9.84 Å². The number of aryl methyl sites for hydroxylation is 1. The van der Waals surface area contributed by atoms with Crippen molar-refractivity contribution in [2.45, 2.75) is 81.7 Å². The first-order valence-electron chi connectivity index (χ1n) is 11.6. The second-order valence-corrected chi connectivity index (χ2v) is 11.4. The molecule has 0 aromatic heterocycles. The zero-order valence-corrected chi connectivity index (χ0v) is 19.4. The van der Waals surface area contributed by atoms with Gasteiger partial charge in [0, 0.05) is 6.04 Å². The van der Waals surface area contributed by atoms with Crippen molar-refractivity contribution in [3.63, 3.8) is 0 Å². The van der Waals surface area contributed by atoms with Crippen LogP contribution in [0, 0.1) is 0 Å². The number of sulfone groups is 1. The molecular formula is C24H34N2O4S. The Morgan fingerprint density at radius 1 is 1.23 bits per heavy atom. The Morgan fingerprint density at radius 3 is 2.74 bits per heavy atom. The molecule has 2 atom stereocenters. The van der Waals surface area contributed by atoms with Crippen molar-refractivity contribution in [1.82, 2.24) is 10.6 Å².